The minimum absolute atomic E-state index is 0.139. The van der Waals surface area contributed by atoms with E-state index in [-0.39, 0.29) is 11.4 Å². The van der Waals surface area contributed by atoms with Crippen molar-refractivity contribution in [2.24, 2.45) is 5.92 Å². The molecule has 18 heavy (non-hydrogen) atoms. The number of halogens is 1. The van der Waals surface area contributed by atoms with E-state index in [1.165, 1.54) is 0 Å². The summed E-state index contributed by atoms with van der Waals surface area (Å²) in [5, 5.41) is 13.5. The molecule has 100 valence electrons. The molecule has 0 aliphatic carbocycles. The lowest BCUT2D eigenvalue weighted by Crippen LogP contribution is -2.13. The molecule has 0 amide bonds. The van der Waals surface area contributed by atoms with E-state index in [0.29, 0.717) is 25.7 Å². The highest BCUT2D eigenvalue weighted by Crippen LogP contribution is 2.24. The molecule has 0 bridgehead atoms. The van der Waals surface area contributed by atoms with Crippen LogP contribution >= 0.6 is 0 Å². The summed E-state index contributed by atoms with van der Waals surface area (Å²) in [6, 6.07) is 3.33. The number of nitro benzene ring substituents is 1. The number of nitrogens with zero attached hydrogens (tertiary/aromatic N) is 1. The average molecular weight is 256 g/mol. The minimum Gasteiger partial charge on any atom is -0.379 e. The average Bonchev–Trinajstić information content (AvgIpc) is 2.27. The predicted octanol–water partition coefficient (Wildman–Crippen LogP) is 2.82. The zero-order valence-electron chi connectivity index (χ0n) is 10.5. The van der Waals surface area contributed by atoms with Gasteiger partial charge in [-0.1, -0.05) is 13.8 Å². The Kier molecular flexibility index (Phi) is 5.51. The Morgan fingerprint density at radius 3 is 2.83 bits per heavy atom. The monoisotopic (exact) mass is 256 g/mol. The molecule has 0 aliphatic rings. The van der Waals surface area contributed by atoms with Crippen LogP contribution in [0, 0.1) is 21.8 Å². The number of nitrogens with one attached hydrogen (secondary N) is 1. The van der Waals surface area contributed by atoms with Crippen LogP contribution in [0.3, 0.4) is 0 Å². The van der Waals surface area contributed by atoms with Gasteiger partial charge in [-0.05, 0) is 12.0 Å². The van der Waals surface area contributed by atoms with E-state index in [2.05, 4.69) is 5.32 Å². The van der Waals surface area contributed by atoms with E-state index in [1.807, 2.05) is 13.8 Å². The molecule has 1 rings (SSSR count). The highest BCUT2D eigenvalue weighted by Gasteiger charge is 2.13. The fraction of sp³-hybridized carbons (Fsp3) is 0.500. The van der Waals surface area contributed by atoms with Crippen LogP contribution < -0.4 is 5.32 Å². The van der Waals surface area contributed by atoms with Crippen molar-refractivity contribution in [1.82, 2.24) is 0 Å². The number of nitro groups is 1. The molecule has 0 spiro atoms. The third-order valence-electron chi connectivity index (χ3n) is 2.17. The first-order valence-corrected chi connectivity index (χ1v) is 5.76. The van der Waals surface area contributed by atoms with E-state index in [4.69, 9.17) is 4.74 Å². The molecular weight excluding hydrogens is 239 g/mol. The van der Waals surface area contributed by atoms with Crippen LogP contribution in [0.4, 0.5) is 15.8 Å². The molecule has 0 saturated carbocycles. The van der Waals surface area contributed by atoms with Crippen LogP contribution in [0.25, 0.3) is 0 Å². The van der Waals surface area contributed by atoms with Crippen molar-refractivity contribution < 1.29 is 14.1 Å². The molecular formula is C12H17FN2O3. The van der Waals surface area contributed by atoms with Crippen LogP contribution in [-0.2, 0) is 4.74 Å². The molecule has 0 unspecified atom stereocenters. The summed E-state index contributed by atoms with van der Waals surface area (Å²) in [4.78, 5) is 10.2. The van der Waals surface area contributed by atoms with Gasteiger partial charge in [-0.3, -0.25) is 10.1 Å². The van der Waals surface area contributed by atoms with E-state index < -0.39 is 10.7 Å². The highest BCUT2D eigenvalue weighted by molar-refractivity contribution is 5.61. The number of benzene rings is 1. The first kappa shape index (κ1) is 14.4. The van der Waals surface area contributed by atoms with Crippen molar-refractivity contribution in [2.45, 2.75) is 13.8 Å². The van der Waals surface area contributed by atoms with E-state index in [9.17, 15) is 14.5 Å². The highest BCUT2D eigenvalue weighted by atomic mass is 19.1. The summed E-state index contributed by atoms with van der Waals surface area (Å²) < 4.78 is 18.3. The van der Waals surface area contributed by atoms with Gasteiger partial charge in [0.05, 0.1) is 11.5 Å². The molecule has 0 atom stereocenters. The summed E-state index contributed by atoms with van der Waals surface area (Å²) in [7, 11) is 0. The van der Waals surface area contributed by atoms with Gasteiger partial charge in [0, 0.05) is 25.3 Å². The normalized spacial score (nSPS) is 10.7. The van der Waals surface area contributed by atoms with Crippen molar-refractivity contribution >= 4 is 11.4 Å². The molecule has 0 saturated heterocycles. The zero-order chi connectivity index (χ0) is 13.5. The second-order valence-corrected chi connectivity index (χ2v) is 4.31. The third-order valence-corrected chi connectivity index (χ3v) is 2.17. The lowest BCUT2D eigenvalue weighted by molar-refractivity contribution is -0.384. The Labute approximate surface area is 105 Å². The van der Waals surface area contributed by atoms with Crippen molar-refractivity contribution in [3.63, 3.8) is 0 Å². The second-order valence-electron chi connectivity index (χ2n) is 4.31. The Bertz CT molecular complexity index is 410. The number of hydrogen-bond donors (Lipinski definition) is 1. The van der Waals surface area contributed by atoms with Gasteiger partial charge < -0.3 is 10.1 Å². The second kappa shape index (κ2) is 6.90. The Morgan fingerprint density at radius 1 is 1.50 bits per heavy atom. The number of hydrogen-bond acceptors (Lipinski definition) is 4. The maximum absolute atomic E-state index is 13.0. The fourth-order valence-corrected chi connectivity index (χ4v) is 1.39. The maximum atomic E-state index is 13.0. The lowest BCUT2D eigenvalue weighted by Gasteiger charge is -2.09. The van der Waals surface area contributed by atoms with Gasteiger partial charge in [0.2, 0.25) is 0 Å². The largest absolute Gasteiger partial charge is 0.379 e. The smallest absolute Gasteiger partial charge is 0.292 e. The van der Waals surface area contributed by atoms with E-state index >= 15 is 0 Å². The van der Waals surface area contributed by atoms with E-state index in [0.717, 1.165) is 18.2 Å². The molecule has 1 aromatic carbocycles. The van der Waals surface area contributed by atoms with Crippen molar-refractivity contribution in [1.29, 1.82) is 0 Å². The third kappa shape index (κ3) is 4.67. The summed E-state index contributed by atoms with van der Waals surface area (Å²) >= 11 is 0. The molecule has 6 heteroatoms. The molecule has 1 aromatic rings. The quantitative estimate of drug-likeness (QED) is 0.463. The van der Waals surface area contributed by atoms with Crippen LogP contribution in [0.15, 0.2) is 18.2 Å². The summed E-state index contributed by atoms with van der Waals surface area (Å²) in [5.74, 6) is -0.0697. The van der Waals surface area contributed by atoms with E-state index in [1.54, 1.807) is 0 Å². The number of ether oxygens (including phenoxy) is 1. The van der Waals surface area contributed by atoms with Crippen molar-refractivity contribution in [2.75, 3.05) is 25.1 Å². The van der Waals surface area contributed by atoms with Gasteiger partial charge in [0.25, 0.3) is 5.69 Å². The first-order chi connectivity index (χ1) is 8.50. The van der Waals surface area contributed by atoms with Crippen LogP contribution in [0.2, 0.25) is 0 Å². The predicted molar refractivity (Wildman–Crippen MR) is 67.2 cm³/mol. The molecule has 5 nitrogen and oxygen atoms in total. The van der Waals surface area contributed by atoms with Crippen molar-refractivity contribution in [3.05, 3.63) is 34.1 Å². The molecule has 0 aliphatic heterocycles. The SMILES string of the molecule is CC(C)COCCNc1cc(F)ccc1[N+](=O)[O-]. The minimum atomic E-state index is -0.545. The van der Waals surface area contributed by atoms with Crippen molar-refractivity contribution in [3.8, 4) is 0 Å². The molecule has 0 heterocycles. The molecule has 0 radical (unpaired) electrons. The number of rotatable bonds is 7. The lowest BCUT2D eigenvalue weighted by atomic mass is 10.2. The number of anilines is 1. The standard InChI is InChI=1S/C12H17FN2O3/c1-9(2)8-18-6-5-14-11-7-10(13)3-4-12(11)15(16)17/h3-4,7,9,14H,5-6,8H2,1-2H3. The molecule has 0 aromatic heterocycles. The van der Waals surface area contributed by atoms with Gasteiger partial charge in [-0.2, -0.15) is 0 Å². The van der Waals surface area contributed by atoms with Crippen LogP contribution in [-0.4, -0.2) is 24.7 Å². The Balaban J connectivity index is 2.50. The topological polar surface area (TPSA) is 64.4 Å². The van der Waals surface area contributed by atoms with Crippen LogP contribution in [0.5, 0.6) is 0 Å². The summed E-state index contributed by atoms with van der Waals surface area (Å²) in [5.41, 5.74) is 0.0356. The molecule has 1 N–H and O–H groups in total. The summed E-state index contributed by atoms with van der Waals surface area (Å²) in [6.45, 7) is 5.52. The van der Waals surface area contributed by atoms with Gasteiger partial charge in [0.15, 0.2) is 0 Å². The zero-order valence-corrected chi connectivity index (χ0v) is 10.5. The van der Waals surface area contributed by atoms with Gasteiger partial charge in [-0.25, -0.2) is 4.39 Å². The Morgan fingerprint density at radius 2 is 2.22 bits per heavy atom. The fourth-order valence-electron chi connectivity index (χ4n) is 1.39. The first-order valence-electron chi connectivity index (χ1n) is 5.76. The Hall–Kier alpha value is -1.69. The summed E-state index contributed by atoms with van der Waals surface area (Å²) in [6.07, 6.45) is 0. The van der Waals surface area contributed by atoms with Gasteiger partial charge in [0.1, 0.15) is 11.5 Å². The van der Waals surface area contributed by atoms with Gasteiger partial charge >= 0.3 is 0 Å². The van der Waals surface area contributed by atoms with Gasteiger partial charge in [-0.15, -0.1) is 0 Å². The maximum Gasteiger partial charge on any atom is 0.292 e. The van der Waals surface area contributed by atoms with Crippen LogP contribution in [0.1, 0.15) is 13.8 Å². The molecule has 0 fully saturated rings.